The Morgan fingerprint density at radius 2 is 0.595 bits per heavy atom. The number of ether oxygens (including phenoxy) is 1. The minimum absolute atomic E-state index is 0.00622. The van der Waals surface area contributed by atoms with E-state index in [0.717, 1.165) is 57.8 Å². The first-order valence-electron chi connectivity index (χ1n) is 37.9. The van der Waals surface area contributed by atoms with Crippen LogP contribution in [0.2, 0.25) is 0 Å². The first kappa shape index (κ1) is 81.8. The number of amides is 1. The van der Waals surface area contributed by atoms with Gasteiger partial charge in [0.15, 0.2) is 0 Å². The fourth-order valence-electron chi connectivity index (χ4n) is 11.8. The summed E-state index contributed by atoms with van der Waals surface area (Å²) in [6.07, 6.45) is 96.1. The van der Waals surface area contributed by atoms with E-state index in [1.165, 1.54) is 321 Å². The SMILES string of the molecule is CCCCCC/C=C\C/C=C\CCCCCCCCCC(=O)OCCCCCCCCCCC/C=C\C/C=C\CCCCCCCCCCCCCCCCCC(=O)NC(CO)C(O)CCCCCCCCCCCCCCCCCCCC. The lowest BCUT2D eigenvalue weighted by Crippen LogP contribution is -2.45. The molecule has 0 radical (unpaired) electrons. The summed E-state index contributed by atoms with van der Waals surface area (Å²) in [5.41, 5.74) is 0. The second-order valence-corrected chi connectivity index (χ2v) is 26.0. The maximum atomic E-state index is 12.5. The zero-order chi connectivity index (χ0) is 60.6. The third-order valence-electron chi connectivity index (χ3n) is 17.6. The van der Waals surface area contributed by atoms with Crippen molar-refractivity contribution in [2.75, 3.05) is 13.2 Å². The molecule has 84 heavy (non-hydrogen) atoms. The Labute approximate surface area is 525 Å². The number of nitrogens with one attached hydrogen (secondary N) is 1. The molecule has 1 amide bonds. The van der Waals surface area contributed by atoms with Crippen molar-refractivity contribution in [1.29, 1.82) is 0 Å². The van der Waals surface area contributed by atoms with Gasteiger partial charge in [0, 0.05) is 12.8 Å². The molecule has 0 heterocycles. The maximum Gasteiger partial charge on any atom is 0.305 e. The van der Waals surface area contributed by atoms with Gasteiger partial charge in [-0.3, -0.25) is 9.59 Å². The van der Waals surface area contributed by atoms with E-state index in [-0.39, 0.29) is 18.5 Å². The number of unbranched alkanes of at least 4 members (excludes halogenated alkanes) is 52. The van der Waals surface area contributed by atoms with Gasteiger partial charge in [0.1, 0.15) is 0 Å². The van der Waals surface area contributed by atoms with Crippen molar-refractivity contribution in [2.45, 2.75) is 424 Å². The fraction of sp³-hybridized carbons (Fsp3) is 0.872. The number of allylic oxidation sites excluding steroid dienone is 8. The molecule has 6 heteroatoms. The topological polar surface area (TPSA) is 95.9 Å². The summed E-state index contributed by atoms with van der Waals surface area (Å²) in [5, 5.41) is 23.4. The summed E-state index contributed by atoms with van der Waals surface area (Å²) in [6, 6.07) is -0.542. The molecule has 494 valence electrons. The molecule has 6 nitrogen and oxygen atoms in total. The lowest BCUT2D eigenvalue weighted by molar-refractivity contribution is -0.143. The summed E-state index contributed by atoms with van der Waals surface area (Å²) >= 11 is 0. The van der Waals surface area contributed by atoms with Gasteiger partial charge in [0.05, 0.1) is 25.4 Å². The molecule has 0 saturated heterocycles. The molecular weight excluding hydrogens is 1030 g/mol. The van der Waals surface area contributed by atoms with E-state index in [0.29, 0.717) is 25.9 Å². The van der Waals surface area contributed by atoms with Crippen molar-refractivity contribution in [3.63, 3.8) is 0 Å². The number of carbonyl (C=O) groups excluding carboxylic acids is 2. The zero-order valence-corrected chi connectivity index (χ0v) is 56.6. The van der Waals surface area contributed by atoms with Crippen molar-refractivity contribution in [1.82, 2.24) is 5.32 Å². The quantitative estimate of drug-likeness (QED) is 0.0320. The van der Waals surface area contributed by atoms with Crippen molar-refractivity contribution < 1.29 is 24.5 Å². The van der Waals surface area contributed by atoms with Crippen molar-refractivity contribution in [3.05, 3.63) is 48.6 Å². The minimum Gasteiger partial charge on any atom is -0.466 e. The van der Waals surface area contributed by atoms with Crippen molar-refractivity contribution in [3.8, 4) is 0 Å². The van der Waals surface area contributed by atoms with Crippen molar-refractivity contribution in [2.24, 2.45) is 0 Å². The van der Waals surface area contributed by atoms with Gasteiger partial charge in [-0.2, -0.15) is 0 Å². The Morgan fingerprint density at radius 1 is 0.333 bits per heavy atom. The average molecular weight is 1180 g/mol. The first-order valence-corrected chi connectivity index (χ1v) is 37.9. The Balaban J connectivity index is 3.39. The Morgan fingerprint density at radius 3 is 0.917 bits per heavy atom. The second kappa shape index (κ2) is 73.3. The van der Waals surface area contributed by atoms with Crippen LogP contribution in [0.3, 0.4) is 0 Å². The van der Waals surface area contributed by atoms with Crippen LogP contribution in [0.5, 0.6) is 0 Å². The molecule has 0 fully saturated rings. The fourth-order valence-corrected chi connectivity index (χ4v) is 11.8. The lowest BCUT2D eigenvalue weighted by atomic mass is 10.0. The van der Waals surface area contributed by atoms with Crippen LogP contribution in [-0.2, 0) is 14.3 Å². The van der Waals surface area contributed by atoms with Gasteiger partial charge in [-0.15, -0.1) is 0 Å². The molecule has 3 N–H and O–H groups in total. The molecule has 0 aromatic rings. The summed E-state index contributed by atoms with van der Waals surface area (Å²) in [5.74, 6) is -0.0247. The molecule has 0 aliphatic heterocycles. The molecule has 0 rings (SSSR count). The van der Waals surface area contributed by atoms with Gasteiger partial charge in [0.2, 0.25) is 5.91 Å². The van der Waals surface area contributed by atoms with Gasteiger partial charge in [-0.05, 0) is 89.9 Å². The average Bonchev–Trinajstić information content (AvgIpc) is 3.52. The van der Waals surface area contributed by atoms with E-state index in [9.17, 15) is 19.8 Å². The second-order valence-electron chi connectivity index (χ2n) is 26.0. The molecule has 0 aromatic carbocycles. The van der Waals surface area contributed by atoms with Crippen LogP contribution in [0, 0.1) is 0 Å². The number of carbonyl (C=O) groups is 2. The van der Waals surface area contributed by atoms with E-state index in [1.807, 2.05) is 0 Å². The summed E-state index contributed by atoms with van der Waals surface area (Å²) in [6.45, 7) is 4.97. The predicted molar refractivity (Wildman–Crippen MR) is 370 cm³/mol. The summed E-state index contributed by atoms with van der Waals surface area (Å²) in [7, 11) is 0. The normalized spacial score (nSPS) is 12.8. The van der Waals surface area contributed by atoms with E-state index in [1.54, 1.807) is 0 Å². The van der Waals surface area contributed by atoms with Gasteiger partial charge < -0.3 is 20.3 Å². The van der Waals surface area contributed by atoms with E-state index in [2.05, 4.69) is 67.8 Å². The predicted octanol–water partition coefficient (Wildman–Crippen LogP) is 24.8. The smallest absolute Gasteiger partial charge is 0.305 e. The largest absolute Gasteiger partial charge is 0.466 e. The first-order chi connectivity index (χ1) is 41.5. The monoisotopic (exact) mass is 1180 g/mol. The summed E-state index contributed by atoms with van der Waals surface area (Å²) in [4.78, 5) is 24.6. The highest BCUT2D eigenvalue weighted by molar-refractivity contribution is 5.76. The third kappa shape index (κ3) is 68.9. The van der Waals surface area contributed by atoms with E-state index >= 15 is 0 Å². The van der Waals surface area contributed by atoms with E-state index in [4.69, 9.17) is 4.74 Å². The Hall–Kier alpha value is -2.18. The highest BCUT2D eigenvalue weighted by Crippen LogP contribution is 2.19. The number of hydrogen-bond donors (Lipinski definition) is 3. The summed E-state index contributed by atoms with van der Waals surface area (Å²) < 4.78 is 5.50. The molecule has 2 atom stereocenters. The molecule has 0 spiro atoms. The third-order valence-corrected chi connectivity index (χ3v) is 17.6. The van der Waals surface area contributed by atoms with Crippen LogP contribution in [0.15, 0.2) is 48.6 Å². The lowest BCUT2D eigenvalue weighted by Gasteiger charge is -2.22. The van der Waals surface area contributed by atoms with Crippen LogP contribution < -0.4 is 5.32 Å². The highest BCUT2D eigenvalue weighted by atomic mass is 16.5. The van der Waals surface area contributed by atoms with Gasteiger partial charge in [-0.25, -0.2) is 0 Å². The highest BCUT2D eigenvalue weighted by Gasteiger charge is 2.20. The molecule has 0 aliphatic carbocycles. The van der Waals surface area contributed by atoms with Gasteiger partial charge in [-0.1, -0.05) is 358 Å². The van der Waals surface area contributed by atoms with Crippen LogP contribution >= 0.6 is 0 Å². The number of aliphatic hydroxyl groups excluding tert-OH is 2. The van der Waals surface area contributed by atoms with Gasteiger partial charge >= 0.3 is 5.97 Å². The Bertz CT molecular complexity index is 1400. The van der Waals surface area contributed by atoms with Crippen LogP contribution in [0.25, 0.3) is 0 Å². The number of esters is 1. The standard InChI is InChI=1S/C78H147NO5/c1-3-5-7-9-11-13-15-17-19-21-38-42-46-50-54-58-62-66-70-76(81)75(74-80)79-77(82)71-67-63-59-55-51-47-43-39-36-34-32-30-28-26-24-23-25-27-29-31-33-35-37-41-45-49-53-57-61-65-69-73-84-78(83)72-68-64-60-56-52-48-44-40-22-20-18-16-14-12-10-8-6-4-2/h14,16,20,22,25,27,31,33,75-76,80-81H,3-13,15,17-19,21,23-24,26,28-30,32,34-74H2,1-2H3,(H,79,82)/b16-14-,22-20-,27-25-,33-31-. The Kier molecular flexibility index (Phi) is 71.4. The maximum absolute atomic E-state index is 12.5. The zero-order valence-electron chi connectivity index (χ0n) is 56.6. The number of aliphatic hydroxyl groups is 2. The molecule has 0 aliphatic rings. The van der Waals surface area contributed by atoms with Gasteiger partial charge in [0.25, 0.3) is 0 Å². The number of rotatable bonds is 71. The van der Waals surface area contributed by atoms with Crippen LogP contribution in [0.4, 0.5) is 0 Å². The van der Waals surface area contributed by atoms with E-state index < -0.39 is 12.1 Å². The van der Waals surface area contributed by atoms with Crippen molar-refractivity contribution >= 4 is 11.9 Å². The van der Waals surface area contributed by atoms with Crippen LogP contribution in [0.1, 0.15) is 412 Å². The molecule has 0 saturated carbocycles. The number of hydrogen-bond acceptors (Lipinski definition) is 5. The molecule has 0 aromatic heterocycles. The minimum atomic E-state index is -0.665. The molecule has 0 bridgehead atoms. The molecular formula is C78H147NO5. The van der Waals surface area contributed by atoms with Crippen LogP contribution in [-0.4, -0.2) is 47.4 Å². The molecule has 2 unspecified atom stereocenters.